The predicted molar refractivity (Wildman–Crippen MR) is 80.0 cm³/mol. The van der Waals surface area contributed by atoms with Gasteiger partial charge in [0.1, 0.15) is 0 Å². The van der Waals surface area contributed by atoms with E-state index in [4.69, 9.17) is 11.6 Å². The molecular weight excluding hydrogens is 260 g/mol. The minimum absolute atomic E-state index is 0.0770. The Bertz CT molecular complexity index is 485. The van der Waals surface area contributed by atoms with Gasteiger partial charge in [0.15, 0.2) is 0 Å². The number of benzene rings is 1. The molecule has 0 fully saturated rings. The van der Waals surface area contributed by atoms with Crippen molar-refractivity contribution in [2.45, 2.75) is 32.1 Å². The number of carbonyl (C=O) groups is 1. The largest absolute Gasteiger partial charge is 0.320 e. The minimum Gasteiger partial charge on any atom is -0.320 e. The first-order chi connectivity index (χ1) is 8.97. The van der Waals surface area contributed by atoms with Crippen LogP contribution in [0.15, 0.2) is 18.2 Å². The Kier molecular flexibility index (Phi) is 4.16. The predicted octanol–water partition coefficient (Wildman–Crippen LogP) is 2.96. The maximum Gasteiger partial charge on any atom is 0.227 e. The number of nitrogens with one attached hydrogen (secondary N) is 1. The van der Waals surface area contributed by atoms with Crippen LogP contribution in [0.5, 0.6) is 0 Å². The molecule has 0 aromatic heterocycles. The maximum absolute atomic E-state index is 12.3. The molecule has 1 N–H and O–H groups in total. The lowest BCUT2D eigenvalue weighted by atomic mass is 9.87. The number of halogens is 1. The molecule has 0 spiro atoms. The first-order valence-corrected chi connectivity index (χ1v) is 7.09. The van der Waals surface area contributed by atoms with Crippen LogP contribution in [0.3, 0.4) is 0 Å². The zero-order valence-electron chi connectivity index (χ0n) is 11.8. The lowest BCUT2D eigenvalue weighted by Gasteiger charge is -2.21. The van der Waals surface area contributed by atoms with Crippen molar-refractivity contribution in [1.82, 2.24) is 5.32 Å². The molecule has 1 heterocycles. The second kappa shape index (κ2) is 5.51. The molecule has 0 radical (unpaired) electrons. The van der Waals surface area contributed by atoms with E-state index < -0.39 is 0 Å². The third-order valence-corrected chi connectivity index (χ3v) is 3.95. The molecule has 104 valence electrons. The van der Waals surface area contributed by atoms with Crippen LogP contribution in [-0.4, -0.2) is 26.0 Å². The van der Waals surface area contributed by atoms with Crippen molar-refractivity contribution in [1.29, 1.82) is 0 Å². The van der Waals surface area contributed by atoms with Gasteiger partial charge in [0.05, 0.1) is 0 Å². The van der Waals surface area contributed by atoms with Crippen LogP contribution in [-0.2, 0) is 10.2 Å². The van der Waals surface area contributed by atoms with Gasteiger partial charge in [-0.15, -0.1) is 0 Å². The fraction of sp³-hybridized carbons (Fsp3) is 0.533. The molecule has 1 aliphatic heterocycles. The fourth-order valence-electron chi connectivity index (χ4n) is 2.74. The van der Waals surface area contributed by atoms with E-state index in [2.05, 4.69) is 19.2 Å². The summed E-state index contributed by atoms with van der Waals surface area (Å²) in [7, 11) is 1.90. The van der Waals surface area contributed by atoms with E-state index in [0.717, 1.165) is 29.2 Å². The zero-order valence-corrected chi connectivity index (χ0v) is 12.5. The number of nitrogens with zero attached hydrogens (tertiary/aromatic N) is 1. The third kappa shape index (κ3) is 2.77. The normalized spacial score (nSPS) is 16.5. The highest BCUT2D eigenvalue weighted by Gasteiger charge is 2.39. The molecule has 1 amide bonds. The van der Waals surface area contributed by atoms with Crippen LogP contribution in [0.25, 0.3) is 0 Å². The zero-order chi connectivity index (χ0) is 14.0. The molecule has 19 heavy (non-hydrogen) atoms. The van der Waals surface area contributed by atoms with Gasteiger partial charge in [-0.05, 0) is 32.1 Å². The lowest BCUT2D eigenvalue weighted by molar-refractivity contribution is -0.118. The van der Waals surface area contributed by atoms with E-state index in [0.29, 0.717) is 13.0 Å². The van der Waals surface area contributed by atoms with Crippen molar-refractivity contribution >= 4 is 23.2 Å². The Morgan fingerprint density at radius 1 is 1.47 bits per heavy atom. The maximum atomic E-state index is 12.3. The van der Waals surface area contributed by atoms with Crippen molar-refractivity contribution in [2.75, 3.05) is 25.0 Å². The quantitative estimate of drug-likeness (QED) is 0.860. The molecule has 1 aromatic rings. The Balaban J connectivity index is 2.23. The third-order valence-electron chi connectivity index (χ3n) is 3.63. The Morgan fingerprint density at radius 2 is 2.21 bits per heavy atom. The van der Waals surface area contributed by atoms with Gasteiger partial charge in [0.2, 0.25) is 5.91 Å². The first-order valence-electron chi connectivity index (χ1n) is 6.71. The minimum atomic E-state index is -0.0770. The summed E-state index contributed by atoms with van der Waals surface area (Å²) in [5, 5.41) is 3.82. The number of hydrogen-bond donors (Lipinski definition) is 1. The summed E-state index contributed by atoms with van der Waals surface area (Å²) in [5.74, 6) is 0.185. The van der Waals surface area contributed by atoms with E-state index in [1.165, 1.54) is 0 Å². The highest BCUT2D eigenvalue weighted by Crippen LogP contribution is 2.44. The second-order valence-corrected chi connectivity index (χ2v) is 6.11. The van der Waals surface area contributed by atoms with Crippen LogP contribution in [0.2, 0.25) is 5.02 Å². The summed E-state index contributed by atoms with van der Waals surface area (Å²) in [6, 6.07) is 5.81. The van der Waals surface area contributed by atoms with Gasteiger partial charge in [-0.2, -0.15) is 0 Å². The summed E-state index contributed by atoms with van der Waals surface area (Å²) in [6.45, 7) is 5.85. The number of hydrogen-bond acceptors (Lipinski definition) is 2. The summed E-state index contributed by atoms with van der Waals surface area (Å²) in [4.78, 5) is 14.2. The van der Waals surface area contributed by atoms with Gasteiger partial charge < -0.3 is 10.2 Å². The van der Waals surface area contributed by atoms with Crippen molar-refractivity contribution < 1.29 is 4.79 Å². The SMILES string of the molecule is CNCCCC(=O)N1CC(C)(C)c2c(Cl)cccc21. The molecule has 4 heteroatoms. The molecule has 2 rings (SSSR count). The molecule has 0 bridgehead atoms. The smallest absolute Gasteiger partial charge is 0.227 e. The van der Waals surface area contributed by atoms with Crippen molar-refractivity contribution in [2.24, 2.45) is 0 Å². The Hall–Kier alpha value is -1.06. The molecule has 1 aromatic carbocycles. The highest BCUT2D eigenvalue weighted by atomic mass is 35.5. The van der Waals surface area contributed by atoms with E-state index in [9.17, 15) is 4.79 Å². The molecule has 3 nitrogen and oxygen atoms in total. The van der Waals surface area contributed by atoms with Crippen LogP contribution < -0.4 is 10.2 Å². The van der Waals surface area contributed by atoms with Gasteiger partial charge in [-0.25, -0.2) is 0 Å². The first kappa shape index (κ1) is 14.4. The average molecular weight is 281 g/mol. The summed E-state index contributed by atoms with van der Waals surface area (Å²) < 4.78 is 0. The number of fused-ring (bicyclic) bond motifs is 1. The van der Waals surface area contributed by atoms with Crippen LogP contribution in [0.1, 0.15) is 32.3 Å². The molecule has 0 saturated carbocycles. The molecule has 0 aliphatic carbocycles. The second-order valence-electron chi connectivity index (χ2n) is 5.70. The van der Waals surface area contributed by atoms with E-state index in [1.807, 2.05) is 30.1 Å². The Morgan fingerprint density at radius 3 is 2.89 bits per heavy atom. The van der Waals surface area contributed by atoms with Crippen LogP contribution >= 0.6 is 11.6 Å². The molecule has 0 saturated heterocycles. The van der Waals surface area contributed by atoms with Gasteiger partial charge >= 0.3 is 0 Å². The van der Waals surface area contributed by atoms with E-state index in [-0.39, 0.29) is 11.3 Å². The van der Waals surface area contributed by atoms with Gasteiger partial charge in [0, 0.05) is 34.7 Å². The fourth-order valence-corrected chi connectivity index (χ4v) is 3.17. The monoisotopic (exact) mass is 280 g/mol. The van der Waals surface area contributed by atoms with Crippen LogP contribution in [0, 0.1) is 0 Å². The van der Waals surface area contributed by atoms with Gasteiger partial charge in [0.25, 0.3) is 0 Å². The van der Waals surface area contributed by atoms with Gasteiger partial charge in [-0.3, -0.25) is 4.79 Å². The van der Waals surface area contributed by atoms with Crippen molar-refractivity contribution in [3.8, 4) is 0 Å². The summed E-state index contributed by atoms with van der Waals surface area (Å²) in [5.41, 5.74) is 2.00. The molecular formula is C15H21ClN2O. The standard InChI is InChI=1S/C15H21ClN2O/c1-15(2)10-18(13(19)8-5-9-17-3)12-7-4-6-11(16)14(12)15/h4,6-7,17H,5,8-10H2,1-3H3. The van der Waals surface area contributed by atoms with Crippen LogP contribution in [0.4, 0.5) is 5.69 Å². The van der Waals surface area contributed by atoms with E-state index >= 15 is 0 Å². The average Bonchev–Trinajstić information content (AvgIpc) is 2.63. The molecule has 1 aliphatic rings. The summed E-state index contributed by atoms with van der Waals surface area (Å²) >= 11 is 6.30. The van der Waals surface area contributed by atoms with Crippen molar-refractivity contribution in [3.63, 3.8) is 0 Å². The Labute approximate surface area is 119 Å². The van der Waals surface area contributed by atoms with E-state index in [1.54, 1.807) is 0 Å². The number of carbonyl (C=O) groups excluding carboxylic acids is 1. The molecule has 0 atom stereocenters. The lowest BCUT2D eigenvalue weighted by Crippen LogP contribution is -2.34. The van der Waals surface area contributed by atoms with Gasteiger partial charge in [-0.1, -0.05) is 31.5 Å². The van der Waals surface area contributed by atoms with Crippen molar-refractivity contribution in [3.05, 3.63) is 28.8 Å². The number of rotatable bonds is 4. The summed E-state index contributed by atoms with van der Waals surface area (Å²) in [6.07, 6.45) is 1.44. The topological polar surface area (TPSA) is 32.3 Å². The molecule has 0 unspecified atom stereocenters. The highest BCUT2D eigenvalue weighted by molar-refractivity contribution is 6.32. The number of amides is 1. The number of anilines is 1.